The van der Waals surface area contributed by atoms with Crippen LogP contribution in [0.5, 0.6) is 0 Å². The fourth-order valence-corrected chi connectivity index (χ4v) is 3.30. The van der Waals surface area contributed by atoms with Gasteiger partial charge in [0.1, 0.15) is 0 Å². The summed E-state index contributed by atoms with van der Waals surface area (Å²) in [6.45, 7) is 3.34. The lowest BCUT2D eigenvalue weighted by molar-refractivity contribution is -0.141. The summed E-state index contributed by atoms with van der Waals surface area (Å²) in [5, 5.41) is 7.41. The number of nitrogens with one attached hydrogen (secondary N) is 1. The summed E-state index contributed by atoms with van der Waals surface area (Å²) in [6.07, 6.45) is 8.26. The Morgan fingerprint density at radius 2 is 2.10 bits per heavy atom. The zero-order valence-electron chi connectivity index (χ0n) is 12.4. The van der Waals surface area contributed by atoms with Crippen molar-refractivity contribution in [3.05, 3.63) is 18.0 Å². The number of carbonyl (C=O) groups excluding carboxylic acids is 2. The van der Waals surface area contributed by atoms with Crippen LogP contribution in [-0.2, 0) is 16.1 Å². The number of hydrogen-bond acceptors (Lipinski definition) is 4. The van der Waals surface area contributed by atoms with E-state index in [1.54, 1.807) is 0 Å². The Labute approximate surface area is 124 Å². The molecule has 3 rings (SSSR count). The van der Waals surface area contributed by atoms with Crippen LogP contribution in [0, 0.1) is 6.92 Å². The van der Waals surface area contributed by atoms with E-state index in [9.17, 15) is 9.59 Å². The number of likely N-dealkylation sites (tertiary alicyclic amines) is 1. The van der Waals surface area contributed by atoms with Crippen LogP contribution in [0.1, 0.15) is 37.7 Å². The average Bonchev–Trinajstić information content (AvgIpc) is 3.14. The van der Waals surface area contributed by atoms with Crippen LogP contribution in [0.15, 0.2) is 12.4 Å². The van der Waals surface area contributed by atoms with Gasteiger partial charge in [0, 0.05) is 18.8 Å². The van der Waals surface area contributed by atoms with Gasteiger partial charge >= 0.3 is 0 Å². The third kappa shape index (κ3) is 3.00. The number of rotatable bonds is 5. The van der Waals surface area contributed by atoms with Crippen LogP contribution in [0.25, 0.3) is 0 Å². The minimum atomic E-state index is -0.352. The molecule has 114 valence electrons. The maximum absolute atomic E-state index is 12.4. The van der Waals surface area contributed by atoms with Crippen LogP contribution in [0.2, 0.25) is 0 Å². The van der Waals surface area contributed by atoms with E-state index in [-0.39, 0.29) is 23.9 Å². The van der Waals surface area contributed by atoms with Crippen molar-refractivity contribution >= 4 is 11.8 Å². The predicted molar refractivity (Wildman–Crippen MR) is 77.5 cm³/mol. The normalized spacial score (nSPS) is 23.5. The molecule has 2 aliphatic rings. The molecule has 1 unspecified atom stereocenters. The maximum Gasteiger partial charge on any atom is 0.247 e. The Hall–Kier alpha value is -1.69. The molecule has 0 aromatic carbocycles. The number of aromatic nitrogens is 2. The van der Waals surface area contributed by atoms with Gasteiger partial charge in [-0.25, -0.2) is 0 Å². The Morgan fingerprint density at radius 3 is 2.76 bits per heavy atom. The molecule has 1 atom stereocenters. The number of hydrogen-bond donors (Lipinski definition) is 1. The summed E-state index contributed by atoms with van der Waals surface area (Å²) >= 11 is 0. The average molecular weight is 290 g/mol. The largest absolute Gasteiger partial charge is 0.304 e. The van der Waals surface area contributed by atoms with Crippen molar-refractivity contribution in [2.75, 3.05) is 6.54 Å². The van der Waals surface area contributed by atoms with Crippen LogP contribution < -0.4 is 5.32 Å². The van der Waals surface area contributed by atoms with Gasteiger partial charge in [-0.2, -0.15) is 5.10 Å². The minimum Gasteiger partial charge on any atom is -0.304 e. The lowest BCUT2D eigenvalue weighted by atomic mass is 10.2. The molecular formula is C15H22N4O2. The van der Waals surface area contributed by atoms with Crippen LogP contribution in [-0.4, -0.2) is 45.1 Å². The molecular weight excluding hydrogens is 268 g/mol. The first-order chi connectivity index (χ1) is 10.1. The van der Waals surface area contributed by atoms with Gasteiger partial charge in [0.05, 0.1) is 25.2 Å². The molecule has 6 nitrogen and oxygen atoms in total. The van der Waals surface area contributed by atoms with E-state index in [2.05, 4.69) is 10.4 Å². The zero-order chi connectivity index (χ0) is 14.8. The van der Waals surface area contributed by atoms with Crippen molar-refractivity contribution < 1.29 is 9.59 Å². The molecule has 1 saturated carbocycles. The molecule has 1 aromatic rings. The van der Waals surface area contributed by atoms with Crippen molar-refractivity contribution in [3.8, 4) is 0 Å². The molecule has 0 bridgehead atoms. The Balaban J connectivity index is 1.52. The Morgan fingerprint density at radius 1 is 1.33 bits per heavy atom. The van der Waals surface area contributed by atoms with Gasteiger partial charge in [0.25, 0.3) is 0 Å². The van der Waals surface area contributed by atoms with Gasteiger partial charge in [-0.3, -0.25) is 19.2 Å². The summed E-state index contributed by atoms with van der Waals surface area (Å²) in [5.74, 6) is -0.0529. The fourth-order valence-electron chi connectivity index (χ4n) is 3.30. The van der Waals surface area contributed by atoms with E-state index >= 15 is 0 Å². The smallest absolute Gasteiger partial charge is 0.247 e. The maximum atomic E-state index is 12.4. The molecule has 21 heavy (non-hydrogen) atoms. The van der Waals surface area contributed by atoms with E-state index in [1.165, 1.54) is 4.90 Å². The molecule has 1 aromatic heterocycles. The molecule has 2 amide bonds. The molecule has 1 saturated heterocycles. The monoisotopic (exact) mass is 290 g/mol. The van der Waals surface area contributed by atoms with E-state index in [4.69, 9.17) is 0 Å². The zero-order valence-corrected chi connectivity index (χ0v) is 12.4. The third-order valence-electron chi connectivity index (χ3n) is 4.37. The quantitative estimate of drug-likeness (QED) is 0.817. The fraction of sp³-hybridized carbons (Fsp3) is 0.667. The topological polar surface area (TPSA) is 67.2 Å². The van der Waals surface area contributed by atoms with Gasteiger partial charge in [-0.1, -0.05) is 12.8 Å². The van der Waals surface area contributed by atoms with E-state index < -0.39 is 0 Å². The Bertz CT molecular complexity index is 534. The van der Waals surface area contributed by atoms with E-state index in [0.29, 0.717) is 19.5 Å². The molecule has 0 radical (unpaired) electrons. The van der Waals surface area contributed by atoms with E-state index in [1.807, 2.05) is 24.0 Å². The highest BCUT2D eigenvalue weighted by atomic mass is 16.2. The highest BCUT2D eigenvalue weighted by Gasteiger charge is 2.42. The molecule has 0 spiro atoms. The standard InChI is InChI=1S/C15H22N4O2/c1-11-9-17-18(10-11)7-6-16-13-8-14(20)19(15(13)21)12-4-2-3-5-12/h9-10,12-13,16H,2-8H2,1H3. The third-order valence-corrected chi connectivity index (χ3v) is 4.37. The second kappa shape index (κ2) is 5.97. The van der Waals surface area contributed by atoms with Gasteiger partial charge in [-0.05, 0) is 25.3 Å². The molecule has 1 aliphatic carbocycles. The van der Waals surface area contributed by atoms with Crippen molar-refractivity contribution in [1.82, 2.24) is 20.0 Å². The summed E-state index contributed by atoms with van der Waals surface area (Å²) in [5.41, 5.74) is 1.12. The van der Waals surface area contributed by atoms with Crippen molar-refractivity contribution in [2.24, 2.45) is 0 Å². The molecule has 2 heterocycles. The Kier molecular flexibility index (Phi) is 4.05. The van der Waals surface area contributed by atoms with Crippen LogP contribution in [0.4, 0.5) is 0 Å². The first-order valence-corrected chi connectivity index (χ1v) is 7.73. The number of nitrogens with zero attached hydrogens (tertiary/aromatic N) is 3. The van der Waals surface area contributed by atoms with Gasteiger partial charge < -0.3 is 5.32 Å². The molecule has 1 N–H and O–H groups in total. The highest BCUT2D eigenvalue weighted by molar-refractivity contribution is 6.05. The summed E-state index contributed by atoms with van der Waals surface area (Å²) in [6, 6.07) is -0.208. The van der Waals surface area contributed by atoms with Crippen LogP contribution in [0.3, 0.4) is 0 Å². The summed E-state index contributed by atoms with van der Waals surface area (Å²) in [4.78, 5) is 26.0. The number of aryl methyl sites for hydroxylation is 1. The highest BCUT2D eigenvalue weighted by Crippen LogP contribution is 2.28. The second-order valence-corrected chi connectivity index (χ2v) is 6.03. The van der Waals surface area contributed by atoms with Crippen molar-refractivity contribution in [3.63, 3.8) is 0 Å². The molecule has 6 heteroatoms. The molecule has 2 fully saturated rings. The minimum absolute atomic E-state index is 0.0145. The first kappa shape index (κ1) is 14.3. The van der Waals surface area contributed by atoms with Gasteiger partial charge in [0.2, 0.25) is 11.8 Å². The number of carbonyl (C=O) groups is 2. The number of amides is 2. The second-order valence-electron chi connectivity index (χ2n) is 6.03. The first-order valence-electron chi connectivity index (χ1n) is 7.73. The lowest BCUT2D eigenvalue weighted by Gasteiger charge is -2.22. The van der Waals surface area contributed by atoms with Gasteiger partial charge in [-0.15, -0.1) is 0 Å². The van der Waals surface area contributed by atoms with Crippen molar-refractivity contribution in [1.29, 1.82) is 0 Å². The van der Waals surface area contributed by atoms with Gasteiger partial charge in [0.15, 0.2) is 0 Å². The number of imide groups is 1. The predicted octanol–water partition coefficient (Wildman–Crippen LogP) is 0.851. The lowest BCUT2D eigenvalue weighted by Crippen LogP contribution is -2.43. The SMILES string of the molecule is Cc1cnn(CCNC2CC(=O)N(C3CCCC3)C2=O)c1. The van der Waals surface area contributed by atoms with E-state index in [0.717, 1.165) is 31.2 Å². The van der Waals surface area contributed by atoms with Crippen LogP contribution >= 0.6 is 0 Å². The molecule has 1 aliphatic heterocycles. The summed E-state index contributed by atoms with van der Waals surface area (Å²) < 4.78 is 1.85. The summed E-state index contributed by atoms with van der Waals surface area (Å²) in [7, 11) is 0. The van der Waals surface area contributed by atoms with Crippen molar-refractivity contribution in [2.45, 2.75) is 57.7 Å².